The van der Waals surface area contributed by atoms with Gasteiger partial charge in [-0.2, -0.15) is 0 Å². The van der Waals surface area contributed by atoms with Crippen molar-refractivity contribution in [3.63, 3.8) is 0 Å². The zero-order chi connectivity index (χ0) is 17.0. The van der Waals surface area contributed by atoms with Crippen LogP contribution in [0.3, 0.4) is 0 Å². The van der Waals surface area contributed by atoms with Crippen molar-refractivity contribution in [2.75, 3.05) is 7.11 Å². The van der Waals surface area contributed by atoms with Gasteiger partial charge in [-0.05, 0) is 62.3 Å². The summed E-state index contributed by atoms with van der Waals surface area (Å²) >= 11 is 0. The Morgan fingerprint density at radius 3 is 2.44 bits per heavy atom. The van der Waals surface area contributed by atoms with Crippen LogP contribution in [0.4, 0.5) is 0 Å². The van der Waals surface area contributed by atoms with Crippen molar-refractivity contribution in [3.05, 3.63) is 35.6 Å². The number of para-hydroxylation sites is 1. The normalized spacial score (nSPS) is 33.1. The second-order valence-electron chi connectivity index (χ2n) is 8.49. The summed E-state index contributed by atoms with van der Waals surface area (Å²) < 4.78 is 11.3. The number of carbonyl (C=O) groups excluding carboxylic acids is 1. The van der Waals surface area contributed by atoms with E-state index in [4.69, 9.17) is 9.15 Å². The van der Waals surface area contributed by atoms with Crippen LogP contribution in [0.2, 0.25) is 0 Å². The van der Waals surface area contributed by atoms with Crippen molar-refractivity contribution in [2.45, 2.75) is 50.7 Å². The summed E-state index contributed by atoms with van der Waals surface area (Å²) in [6.45, 7) is 0.390. The average molecular weight is 339 g/mol. The van der Waals surface area contributed by atoms with Gasteiger partial charge in [0.25, 0.3) is 5.91 Å². The molecule has 4 nitrogen and oxygen atoms in total. The Morgan fingerprint density at radius 1 is 1.16 bits per heavy atom. The fourth-order valence-corrected chi connectivity index (χ4v) is 6.13. The van der Waals surface area contributed by atoms with E-state index < -0.39 is 0 Å². The molecule has 0 spiro atoms. The molecule has 1 N–H and O–H groups in total. The maximum Gasteiger partial charge on any atom is 0.287 e. The second-order valence-corrected chi connectivity index (χ2v) is 8.49. The van der Waals surface area contributed by atoms with E-state index in [0.29, 0.717) is 12.4 Å². The first-order valence-corrected chi connectivity index (χ1v) is 9.48. The van der Waals surface area contributed by atoms with Crippen LogP contribution in [0, 0.1) is 17.8 Å². The fraction of sp³-hybridized carbons (Fsp3) is 0.571. The highest BCUT2D eigenvalue weighted by atomic mass is 16.5. The highest BCUT2D eigenvalue weighted by Crippen LogP contribution is 2.55. The number of hydrogen-bond acceptors (Lipinski definition) is 3. The van der Waals surface area contributed by atoms with Gasteiger partial charge < -0.3 is 14.5 Å². The maximum absolute atomic E-state index is 13.1. The van der Waals surface area contributed by atoms with E-state index in [1.165, 1.54) is 19.3 Å². The number of furan rings is 1. The number of ether oxygens (including phenoxy) is 1. The Morgan fingerprint density at radius 2 is 1.80 bits per heavy atom. The third-order valence-electron chi connectivity index (χ3n) is 6.61. The van der Waals surface area contributed by atoms with Crippen LogP contribution in [0.25, 0.3) is 11.0 Å². The first-order valence-electron chi connectivity index (χ1n) is 9.48. The minimum Gasteiger partial charge on any atom is -0.451 e. The van der Waals surface area contributed by atoms with Crippen LogP contribution in [0.5, 0.6) is 0 Å². The van der Waals surface area contributed by atoms with E-state index in [1.807, 2.05) is 24.3 Å². The van der Waals surface area contributed by atoms with E-state index in [2.05, 4.69) is 5.32 Å². The first-order chi connectivity index (χ1) is 12.2. The SMILES string of the molecule is COCc1c(C(=O)NC23CC4CC(CC(C4)C2)C3)oc2ccccc12. The highest BCUT2D eigenvalue weighted by molar-refractivity contribution is 5.99. The Labute approximate surface area is 147 Å². The van der Waals surface area contributed by atoms with Gasteiger partial charge in [0.05, 0.1) is 6.61 Å². The largest absolute Gasteiger partial charge is 0.451 e. The van der Waals surface area contributed by atoms with E-state index in [-0.39, 0.29) is 11.4 Å². The molecule has 0 saturated heterocycles. The Hall–Kier alpha value is -1.81. The summed E-state index contributed by atoms with van der Waals surface area (Å²) in [6.07, 6.45) is 7.54. The number of benzene rings is 1. The van der Waals surface area contributed by atoms with Crippen molar-refractivity contribution in [3.8, 4) is 0 Å². The Bertz CT molecular complexity index is 786. The van der Waals surface area contributed by atoms with Crippen LogP contribution in [-0.4, -0.2) is 18.6 Å². The summed E-state index contributed by atoms with van der Waals surface area (Å²) in [6, 6.07) is 7.81. The van der Waals surface area contributed by atoms with Gasteiger partial charge in [0, 0.05) is 23.6 Å². The monoisotopic (exact) mass is 339 g/mol. The molecular weight excluding hydrogens is 314 g/mol. The Kier molecular flexibility index (Phi) is 3.46. The lowest BCUT2D eigenvalue weighted by Crippen LogP contribution is -2.59. The molecular formula is C21H25NO3. The predicted octanol–water partition coefficient (Wildman–Crippen LogP) is 4.28. The van der Waals surface area contributed by atoms with Gasteiger partial charge in [-0.25, -0.2) is 0 Å². The number of nitrogens with one attached hydrogen (secondary N) is 1. The number of amides is 1. The van der Waals surface area contributed by atoms with Crippen LogP contribution < -0.4 is 5.32 Å². The van der Waals surface area contributed by atoms with Gasteiger partial charge in [-0.1, -0.05) is 18.2 Å². The molecule has 1 heterocycles. The van der Waals surface area contributed by atoms with Crippen LogP contribution in [0.1, 0.15) is 54.6 Å². The number of methoxy groups -OCH3 is 1. The molecule has 2 aromatic rings. The van der Waals surface area contributed by atoms with Crippen LogP contribution in [-0.2, 0) is 11.3 Å². The number of hydrogen-bond donors (Lipinski definition) is 1. The quantitative estimate of drug-likeness (QED) is 0.904. The van der Waals surface area contributed by atoms with Gasteiger partial charge >= 0.3 is 0 Å². The Balaban J connectivity index is 1.47. The molecule has 0 radical (unpaired) electrons. The van der Waals surface area contributed by atoms with Gasteiger partial charge in [0.2, 0.25) is 0 Å². The molecule has 4 heteroatoms. The standard InChI is InChI=1S/C21H25NO3/c1-24-12-17-16-4-2-3-5-18(16)25-19(17)20(23)22-21-9-13-6-14(10-21)8-15(7-13)11-21/h2-5,13-15H,6-12H2,1H3,(H,22,23). The average Bonchev–Trinajstić information content (AvgIpc) is 2.93. The molecule has 1 aromatic carbocycles. The summed E-state index contributed by atoms with van der Waals surface area (Å²) in [5, 5.41) is 4.38. The zero-order valence-electron chi connectivity index (χ0n) is 14.7. The summed E-state index contributed by atoms with van der Waals surface area (Å²) in [7, 11) is 1.66. The van der Waals surface area contributed by atoms with Gasteiger partial charge in [0.1, 0.15) is 5.58 Å². The second kappa shape index (κ2) is 5.60. The maximum atomic E-state index is 13.1. The smallest absolute Gasteiger partial charge is 0.287 e. The van der Waals surface area contributed by atoms with E-state index >= 15 is 0 Å². The molecule has 1 aromatic heterocycles. The molecule has 4 fully saturated rings. The third-order valence-corrected chi connectivity index (χ3v) is 6.61. The number of carbonyl (C=O) groups is 1. The van der Waals surface area contributed by atoms with Crippen molar-refractivity contribution >= 4 is 16.9 Å². The third kappa shape index (κ3) is 2.50. The molecule has 1 amide bonds. The number of rotatable bonds is 4. The molecule has 4 aliphatic carbocycles. The molecule has 6 rings (SSSR count). The minimum absolute atomic E-state index is 0.00481. The molecule has 132 valence electrons. The predicted molar refractivity (Wildman–Crippen MR) is 95.3 cm³/mol. The van der Waals surface area contributed by atoms with E-state index in [1.54, 1.807) is 7.11 Å². The summed E-state index contributed by atoms with van der Waals surface area (Å²) in [4.78, 5) is 13.1. The molecule has 0 unspecified atom stereocenters. The van der Waals surface area contributed by atoms with E-state index in [9.17, 15) is 4.79 Å². The molecule has 0 aliphatic heterocycles. The highest BCUT2D eigenvalue weighted by Gasteiger charge is 2.51. The topological polar surface area (TPSA) is 51.5 Å². The molecule has 25 heavy (non-hydrogen) atoms. The van der Waals surface area contributed by atoms with Crippen molar-refractivity contribution in [1.29, 1.82) is 0 Å². The zero-order valence-corrected chi connectivity index (χ0v) is 14.7. The minimum atomic E-state index is -0.0646. The summed E-state index contributed by atoms with van der Waals surface area (Å²) in [5.74, 6) is 2.78. The van der Waals surface area contributed by atoms with E-state index in [0.717, 1.165) is 53.5 Å². The first kappa shape index (κ1) is 15.4. The summed E-state index contributed by atoms with van der Waals surface area (Å²) in [5.41, 5.74) is 1.61. The van der Waals surface area contributed by atoms with Crippen LogP contribution in [0.15, 0.2) is 28.7 Å². The molecule has 4 saturated carbocycles. The van der Waals surface area contributed by atoms with Crippen LogP contribution >= 0.6 is 0 Å². The number of fused-ring (bicyclic) bond motifs is 1. The van der Waals surface area contributed by atoms with Gasteiger partial charge in [-0.15, -0.1) is 0 Å². The fourth-order valence-electron chi connectivity index (χ4n) is 6.13. The van der Waals surface area contributed by atoms with Crippen molar-refractivity contribution < 1.29 is 13.9 Å². The lowest BCUT2D eigenvalue weighted by Gasteiger charge is -2.56. The van der Waals surface area contributed by atoms with Crippen molar-refractivity contribution in [1.82, 2.24) is 5.32 Å². The van der Waals surface area contributed by atoms with Gasteiger partial charge in [-0.3, -0.25) is 4.79 Å². The lowest BCUT2D eigenvalue weighted by molar-refractivity contribution is -0.0171. The van der Waals surface area contributed by atoms with Gasteiger partial charge in [0.15, 0.2) is 5.76 Å². The van der Waals surface area contributed by atoms with Crippen molar-refractivity contribution in [2.24, 2.45) is 17.8 Å². The molecule has 0 atom stereocenters. The lowest BCUT2D eigenvalue weighted by atomic mass is 9.53. The molecule has 4 bridgehead atoms. The molecule has 4 aliphatic rings.